The van der Waals surface area contributed by atoms with E-state index in [4.69, 9.17) is 11.6 Å². The zero-order chi connectivity index (χ0) is 10.8. The Hall–Kier alpha value is -1.16. The first-order valence-electron chi connectivity index (χ1n) is 5.05. The summed E-state index contributed by atoms with van der Waals surface area (Å²) in [6.07, 6.45) is 4.79. The molecule has 0 saturated carbocycles. The van der Waals surface area contributed by atoms with E-state index in [1.165, 1.54) is 0 Å². The number of fused-ring (bicyclic) bond motifs is 1. The quantitative estimate of drug-likeness (QED) is 0.752. The minimum atomic E-state index is 0.451. The van der Waals surface area contributed by atoms with E-state index in [2.05, 4.69) is 21.9 Å². The van der Waals surface area contributed by atoms with Gasteiger partial charge in [0.1, 0.15) is 11.3 Å². The van der Waals surface area contributed by atoms with E-state index in [-0.39, 0.29) is 0 Å². The van der Waals surface area contributed by atoms with Crippen molar-refractivity contribution >= 4 is 22.8 Å². The van der Waals surface area contributed by atoms with Gasteiger partial charge in [0.2, 0.25) is 0 Å². The van der Waals surface area contributed by atoms with Crippen LogP contribution in [0.2, 0.25) is 5.15 Å². The zero-order valence-corrected chi connectivity index (χ0v) is 9.62. The van der Waals surface area contributed by atoms with Crippen LogP contribution >= 0.6 is 11.6 Å². The van der Waals surface area contributed by atoms with Crippen LogP contribution in [0.4, 0.5) is 0 Å². The minimum absolute atomic E-state index is 0.451. The molecule has 15 heavy (non-hydrogen) atoms. The fourth-order valence-corrected chi connectivity index (χ4v) is 1.69. The molecular formula is C10H13ClN4. The molecule has 80 valence electrons. The third-order valence-electron chi connectivity index (χ3n) is 2.32. The normalized spacial score (nSPS) is 11.1. The second-order valence-electron chi connectivity index (χ2n) is 3.56. The van der Waals surface area contributed by atoms with Crippen LogP contribution in [0.1, 0.15) is 25.6 Å². The smallest absolute Gasteiger partial charge is 0.164 e. The van der Waals surface area contributed by atoms with Gasteiger partial charge in [0.15, 0.2) is 10.8 Å². The van der Waals surface area contributed by atoms with Crippen molar-refractivity contribution in [3.05, 3.63) is 17.3 Å². The van der Waals surface area contributed by atoms with Crippen molar-refractivity contribution in [3.8, 4) is 0 Å². The molecular weight excluding hydrogens is 212 g/mol. The topological polar surface area (TPSA) is 43.6 Å². The SMILES string of the molecule is CCCCc1nc(Cl)c2ncn(C)c2n1. The number of halogens is 1. The van der Waals surface area contributed by atoms with Gasteiger partial charge in [-0.15, -0.1) is 0 Å². The van der Waals surface area contributed by atoms with E-state index in [0.29, 0.717) is 10.7 Å². The first-order chi connectivity index (χ1) is 7.22. The molecule has 0 unspecified atom stereocenters. The third-order valence-corrected chi connectivity index (χ3v) is 2.58. The molecule has 0 N–H and O–H groups in total. The highest BCUT2D eigenvalue weighted by atomic mass is 35.5. The summed E-state index contributed by atoms with van der Waals surface area (Å²) in [5.41, 5.74) is 1.49. The van der Waals surface area contributed by atoms with E-state index in [1.54, 1.807) is 6.33 Å². The van der Waals surface area contributed by atoms with Gasteiger partial charge >= 0.3 is 0 Å². The standard InChI is InChI=1S/C10H13ClN4/c1-3-4-5-7-13-9(11)8-10(14-7)15(2)6-12-8/h6H,3-5H2,1-2H3. The molecule has 2 aromatic heterocycles. The Labute approximate surface area is 93.3 Å². The molecule has 0 aliphatic carbocycles. The van der Waals surface area contributed by atoms with Crippen LogP contribution in [0.5, 0.6) is 0 Å². The number of rotatable bonds is 3. The van der Waals surface area contributed by atoms with Crippen LogP contribution in [-0.4, -0.2) is 19.5 Å². The summed E-state index contributed by atoms with van der Waals surface area (Å²) in [5, 5.41) is 0.451. The number of hydrogen-bond donors (Lipinski definition) is 0. The highest BCUT2D eigenvalue weighted by molar-refractivity contribution is 6.33. The number of aryl methyl sites for hydroxylation is 2. The lowest BCUT2D eigenvalue weighted by molar-refractivity contribution is 0.753. The summed E-state index contributed by atoms with van der Waals surface area (Å²) in [5.74, 6) is 0.804. The predicted octanol–water partition coefficient (Wildman–Crippen LogP) is 2.36. The summed E-state index contributed by atoms with van der Waals surface area (Å²) < 4.78 is 1.86. The van der Waals surface area contributed by atoms with E-state index >= 15 is 0 Å². The van der Waals surface area contributed by atoms with E-state index < -0.39 is 0 Å². The van der Waals surface area contributed by atoms with Gasteiger partial charge < -0.3 is 4.57 Å². The van der Waals surface area contributed by atoms with Crippen molar-refractivity contribution in [2.24, 2.45) is 7.05 Å². The Kier molecular flexibility index (Phi) is 2.86. The number of aromatic nitrogens is 4. The lowest BCUT2D eigenvalue weighted by Crippen LogP contribution is -1.98. The number of unbranched alkanes of at least 4 members (excludes halogenated alkanes) is 1. The molecule has 2 rings (SSSR count). The summed E-state index contributed by atoms with van der Waals surface area (Å²) >= 11 is 6.03. The first kappa shape index (κ1) is 10.4. The van der Waals surface area contributed by atoms with Crippen LogP contribution in [0, 0.1) is 0 Å². The highest BCUT2D eigenvalue weighted by Crippen LogP contribution is 2.18. The molecule has 0 amide bonds. The largest absolute Gasteiger partial charge is 0.318 e. The molecule has 0 atom stereocenters. The Bertz CT molecular complexity index is 477. The molecule has 0 bridgehead atoms. The Balaban J connectivity index is 2.45. The van der Waals surface area contributed by atoms with Crippen LogP contribution in [0.3, 0.4) is 0 Å². The van der Waals surface area contributed by atoms with Crippen LogP contribution in [0.25, 0.3) is 11.2 Å². The predicted molar refractivity (Wildman–Crippen MR) is 59.9 cm³/mol. The molecule has 0 aromatic carbocycles. The fourth-order valence-electron chi connectivity index (χ4n) is 1.46. The lowest BCUT2D eigenvalue weighted by atomic mass is 10.2. The average molecular weight is 225 g/mol. The van der Waals surface area contributed by atoms with Crippen molar-refractivity contribution in [2.45, 2.75) is 26.2 Å². The average Bonchev–Trinajstić information content (AvgIpc) is 2.58. The van der Waals surface area contributed by atoms with Gasteiger partial charge in [-0.05, 0) is 6.42 Å². The van der Waals surface area contributed by atoms with Gasteiger partial charge in [-0.25, -0.2) is 15.0 Å². The van der Waals surface area contributed by atoms with Gasteiger partial charge in [0.05, 0.1) is 6.33 Å². The van der Waals surface area contributed by atoms with Gasteiger partial charge in [-0.2, -0.15) is 0 Å². The fraction of sp³-hybridized carbons (Fsp3) is 0.500. The second-order valence-corrected chi connectivity index (χ2v) is 3.92. The van der Waals surface area contributed by atoms with Crippen LogP contribution < -0.4 is 0 Å². The van der Waals surface area contributed by atoms with Crippen molar-refractivity contribution in [1.82, 2.24) is 19.5 Å². The lowest BCUT2D eigenvalue weighted by Gasteiger charge is -2.00. The van der Waals surface area contributed by atoms with Crippen molar-refractivity contribution < 1.29 is 0 Å². The number of hydrogen-bond acceptors (Lipinski definition) is 3. The third kappa shape index (κ3) is 1.95. The maximum absolute atomic E-state index is 6.03. The number of imidazole rings is 1. The van der Waals surface area contributed by atoms with Crippen molar-refractivity contribution in [1.29, 1.82) is 0 Å². The molecule has 5 heteroatoms. The molecule has 0 saturated heterocycles. The van der Waals surface area contributed by atoms with Gasteiger partial charge in [-0.3, -0.25) is 0 Å². The van der Waals surface area contributed by atoms with Crippen LogP contribution in [-0.2, 0) is 13.5 Å². The van der Waals surface area contributed by atoms with Gasteiger partial charge in [-0.1, -0.05) is 24.9 Å². The molecule has 0 radical (unpaired) electrons. The second kappa shape index (κ2) is 4.14. The molecule has 0 spiro atoms. The maximum Gasteiger partial charge on any atom is 0.164 e. The van der Waals surface area contributed by atoms with Gasteiger partial charge in [0.25, 0.3) is 0 Å². The molecule has 4 nitrogen and oxygen atoms in total. The highest BCUT2D eigenvalue weighted by Gasteiger charge is 2.09. The molecule has 0 aliphatic rings. The summed E-state index contributed by atoms with van der Waals surface area (Å²) in [4.78, 5) is 12.8. The Morgan fingerprint density at radius 1 is 1.40 bits per heavy atom. The van der Waals surface area contributed by atoms with Crippen molar-refractivity contribution in [2.75, 3.05) is 0 Å². The summed E-state index contributed by atoms with van der Waals surface area (Å²) in [7, 11) is 1.91. The van der Waals surface area contributed by atoms with E-state index in [1.807, 2.05) is 11.6 Å². The van der Waals surface area contributed by atoms with Crippen LogP contribution in [0.15, 0.2) is 6.33 Å². The van der Waals surface area contributed by atoms with E-state index in [0.717, 1.165) is 30.7 Å². The molecule has 0 aliphatic heterocycles. The maximum atomic E-state index is 6.03. The monoisotopic (exact) mass is 224 g/mol. The summed E-state index contributed by atoms with van der Waals surface area (Å²) in [6.45, 7) is 2.14. The summed E-state index contributed by atoms with van der Waals surface area (Å²) in [6, 6.07) is 0. The van der Waals surface area contributed by atoms with Gasteiger partial charge in [0, 0.05) is 13.5 Å². The Morgan fingerprint density at radius 3 is 2.93 bits per heavy atom. The molecule has 0 fully saturated rings. The van der Waals surface area contributed by atoms with E-state index in [9.17, 15) is 0 Å². The molecule has 2 aromatic rings. The number of nitrogens with zero attached hydrogens (tertiary/aromatic N) is 4. The Morgan fingerprint density at radius 2 is 2.20 bits per heavy atom. The van der Waals surface area contributed by atoms with Crippen molar-refractivity contribution in [3.63, 3.8) is 0 Å². The zero-order valence-electron chi connectivity index (χ0n) is 8.87. The molecule has 2 heterocycles. The minimum Gasteiger partial charge on any atom is -0.318 e. The first-order valence-corrected chi connectivity index (χ1v) is 5.43.